The Balaban J connectivity index is -0.000000372. The summed E-state index contributed by atoms with van der Waals surface area (Å²) in [5.74, 6) is -1.93. The second kappa shape index (κ2) is 12.9. The van der Waals surface area contributed by atoms with E-state index in [2.05, 4.69) is 0 Å². The van der Waals surface area contributed by atoms with Gasteiger partial charge in [0.2, 0.25) is 0 Å². The summed E-state index contributed by atoms with van der Waals surface area (Å²) in [6.45, 7) is 0. The van der Waals surface area contributed by atoms with Gasteiger partial charge in [0.25, 0.3) is 40.5 Å². The van der Waals surface area contributed by atoms with Crippen LogP contribution in [0.15, 0.2) is 0 Å². The summed E-state index contributed by atoms with van der Waals surface area (Å²) >= 11 is 0. The average Bonchev–Trinajstić information content (AvgIpc) is 2.27. The van der Waals surface area contributed by atoms with Crippen molar-refractivity contribution in [3.8, 4) is 0 Å². The first-order chi connectivity index (χ1) is 10.4. The fourth-order valence-corrected chi connectivity index (χ4v) is 3.41. The first kappa shape index (κ1) is 30.4. The molecule has 0 saturated carbocycles. The van der Waals surface area contributed by atoms with Gasteiger partial charge in [0.1, 0.15) is 0 Å². The molecule has 0 spiro atoms. The predicted molar refractivity (Wildman–Crippen MR) is 89.9 cm³/mol. The van der Waals surface area contributed by atoms with Crippen molar-refractivity contribution < 1.29 is 51.9 Å². The minimum Gasteiger partial charge on any atom is -0.286 e. The summed E-state index contributed by atoms with van der Waals surface area (Å²) in [5, 5.41) is 0. The second-order valence-corrected chi connectivity index (χ2v) is 10.8. The zero-order chi connectivity index (χ0) is 19.7. The summed E-state index contributed by atoms with van der Waals surface area (Å²) in [5.41, 5.74) is 0. The molecule has 17 heteroatoms. The van der Waals surface area contributed by atoms with Crippen LogP contribution in [-0.4, -0.2) is 104 Å². The number of rotatable bonds is 10. The van der Waals surface area contributed by atoms with Crippen LogP contribution < -0.4 is 0 Å². The Bertz CT molecular complexity index is 629. The van der Waals surface area contributed by atoms with Gasteiger partial charge in [-0.25, -0.2) is 0 Å². The minimum atomic E-state index is -4.02. The van der Waals surface area contributed by atoms with Gasteiger partial charge in [0, 0.05) is 29.6 Å². The van der Waals surface area contributed by atoms with E-state index in [1.807, 2.05) is 0 Å². The van der Waals surface area contributed by atoms with Crippen LogP contribution in [0.5, 0.6) is 0 Å². The van der Waals surface area contributed by atoms with Crippen molar-refractivity contribution in [1.82, 2.24) is 0 Å². The third-order valence-corrected chi connectivity index (χ3v) is 5.33. The van der Waals surface area contributed by atoms with Crippen molar-refractivity contribution >= 4 is 70.0 Å². The standard InChI is InChI=1S/2C4H10O6S2.Na/c2*5-11(6,7)3-1-2-4-12(8,9)10;/h2*1-4H2,(H,5,6,7)(H,8,9,10);. The van der Waals surface area contributed by atoms with Crippen LogP contribution in [0, 0.1) is 0 Å². The smallest absolute Gasteiger partial charge is 0.264 e. The second-order valence-electron chi connectivity index (χ2n) is 4.56. The van der Waals surface area contributed by atoms with Gasteiger partial charge in [-0.3, -0.25) is 18.2 Å². The Hall–Kier alpha value is 0.640. The average molecular weight is 459 g/mol. The normalized spacial score (nSPS) is 12.6. The Labute approximate surface area is 169 Å². The molecule has 0 aliphatic rings. The van der Waals surface area contributed by atoms with Crippen molar-refractivity contribution in [3.63, 3.8) is 0 Å². The van der Waals surface area contributed by atoms with E-state index in [9.17, 15) is 33.7 Å². The van der Waals surface area contributed by atoms with Gasteiger partial charge < -0.3 is 0 Å². The number of hydrogen-bond donors (Lipinski definition) is 4. The maximum Gasteiger partial charge on any atom is 0.264 e. The third kappa shape index (κ3) is 36.3. The molecule has 0 unspecified atom stereocenters. The topological polar surface area (TPSA) is 217 Å². The molecule has 1 radical (unpaired) electrons. The minimum absolute atomic E-state index is 0. The molecule has 0 aromatic heterocycles. The largest absolute Gasteiger partial charge is 0.286 e. The van der Waals surface area contributed by atoms with Crippen LogP contribution in [0.3, 0.4) is 0 Å². The van der Waals surface area contributed by atoms with Crippen LogP contribution in [0.4, 0.5) is 0 Å². The quantitative estimate of drug-likeness (QED) is 0.170. The van der Waals surface area contributed by atoms with Crippen molar-refractivity contribution in [2.75, 3.05) is 23.0 Å². The van der Waals surface area contributed by atoms with E-state index in [4.69, 9.17) is 18.2 Å². The molecule has 12 nitrogen and oxygen atoms in total. The van der Waals surface area contributed by atoms with Crippen LogP contribution in [0.25, 0.3) is 0 Å². The molecular formula is C8H20NaO12S4. The molecule has 0 heterocycles. The molecule has 149 valence electrons. The Morgan fingerprint density at radius 2 is 0.520 bits per heavy atom. The number of unbranched alkanes of at least 4 members (excludes halogenated alkanes) is 2. The van der Waals surface area contributed by atoms with Crippen LogP contribution in [0.1, 0.15) is 25.7 Å². The van der Waals surface area contributed by atoms with Crippen molar-refractivity contribution in [2.45, 2.75) is 25.7 Å². The molecule has 0 aliphatic carbocycles. The summed E-state index contributed by atoms with van der Waals surface area (Å²) in [6.07, 6.45) is 0.0501. The molecule has 0 bridgehead atoms. The molecular weight excluding hydrogens is 439 g/mol. The van der Waals surface area contributed by atoms with Gasteiger partial charge in [-0.15, -0.1) is 0 Å². The Morgan fingerprint density at radius 3 is 0.600 bits per heavy atom. The van der Waals surface area contributed by atoms with Crippen LogP contribution in [0.2, 0.25) is 0 Å². The molecule has 0 fully saturated rings. The van der Waals surface area contributed by atoms with E-state index < -0.39 is 63.5 Å². The van der Waals surface area contributed by atoms with Crippen molar-refractivity contribution in [3.05, 3.63) is 0 Å². The molecule has 0 aliphatic heterocycles. The number of hydrogen-bond acceptors (Lipinski definition) is 8. The van der Waals surface area contributed by atoms with Gasteiger partial charge in [-0.1, -0.05) is 0 Å². The van der Waals surface area contributed by atoms with E-state index in [0.717, 1.165) is 0 Å². The summed E-state index contributed by atoms with van der Waals surface area (Å²) in [4.78, 5) is 0. The fourth-order valence-electron chi connectivity index (χ4n) is 1.14. The fraction of sp³-hybridized carbons (Fsp3) is 1.00. The van der Waals surface area contributed by atoms with Crippen molar-refractivity contribution in [2.24, 2.45) is 0 Å². The first-order valence-corrected chi connectivity index (χ1v) is 12.7. The summed E-state index contributed by atoms with van der Waals surface area (Å²) < 4.78 is 114. The van der Waals surface area contributed by atoms with E-state index in [0.29, 0.717) is 0 Å². The van der Waals surface area contributed by atoms with Gasteiger partial charge in [-0.2, -0.15) is 33.7 Å². The molecule has 0 aromatic rings. The van der Waals surface area contributed by atoms with Crippen LogP contribution in [-0.2, 0) is 40.5 Å². The van der Waals surface area contributed by atoms with E-state index in [-0.39, 0.29) is 55.2 Å². The predicted octanol–water partition coefficient (Wildman–Crippen LogP) is -1.30. The van der Waals surface area contributed by atoms with Gasteiger partial charge in [0.05, 0.1) is 23.0 Å². The molecule has 0 amide bonds. The maximum absolute atomic E-state index is 10.1. The SMILES string of the molecule is O=S(=O)(O)CCCCS(=O)(=O)O.O=S(=O)(O)CCCCS(=O)(=O)O.[Na]. The molecule has 25 heavy (non-hydrogen) atoms. The first-order valence-electron chi connectivity index (χ1n) is 6.22. The zero-order valence-corrected chi connectivity index (χ0v) is 18.6. The Kier molecular flexibility index (Phi) is 15.7. The molecule has 0 rings (SSSR count). The zero-order valence-electron chi connectivity index (χ0n) is 13.3. The summed E-state index contributed by atoms with van der Waals surface area (Å²) in [6, 6.07) is 0. The van der Waals surface area contributed by atoms with Gasteiger partial charge in [0.15, 0.2) is 0 Å². The van der Waals surface area contributed by atoms with E-state index >= 15 is 0 Å². The molecule has 4 N–H and O–H groups in total. The van der Waals surface area contributed by atoms with Gasteiger partial charge in [-0.05, 0) is 25.7 Å². The monoisotopic (exact) mass is 459 g/mol. The van der Waals surface area contributed by atoms with E-state index in [1.54, 1.807) is 0 Å². The van der Waals surface area contributed by atoms with E-state index in [1.165, 1.54) is 0 Å². The van der Waals surface area contributed by atoms with Crippen molar-refractivity contribution in [1.29, 1.82) is 0 Å². The maximum atomic E-state index is 10.1. The molecule has 0 atom stereocenters. The van der Waals surface area contributed by atoms with Gasteiger partial charge >= 0.3 is 0 Å². The Morgan fingerprint density at radius 1 is 0.400 bits per heavy atom. The summed E-state index contributed by atoms with van der Waals surface area (Å²) in [7, 11) is -16.1. The third-order valence-electron chi connectivity index (χ3n) is 2.11. The molecule has 0 aromatic carbocycles. The molecule has 0 saturated heterocycles. The van der Waals surface area contributed by atoms with Crippen LogP contribution >= 0.6 is 0 Å².